The van der Waals surface area contributed by atoms with Crippen LogP contribution in [-0.2, 0) is 26.2 Å². The Balaban J connectivity index is 1.25. The predicted molar refractivity (Wildman–Crippen MR) is 174 cm³/mol. The fourth-order valence-corrected chi connectivity index (χ4v) is 5.58. The van der Waals surface area contributed by atoms with E-state index in [2.05, 4.69) is 36.4 Å². The highest BCUT2D eigenvalue weighted by Crippen LogP contribution is 2.31. The summed E-state index contributed by atoms with van der Waals surface area (Å²) in [6, 6.07) is 8.05. The van der Waals surface area contributed by atoms with Crippen molar-refractivity contribution in [2.45, 2.75) is 52.1 Å². The number of fused-ring (bicyclic) bond motifs is 1. The molecule has 15 heteroatoms. The minimum absolute atomic E-state index is 0.0949. The third-order valence-electron chi connectivity index (χ3n) is 8.09. The van der Waals surface area contributed by atoms with Gasteiger partial charge in [0.05, 0.1) is 43.4 Å². The number of methoxy groups -OCH3 is 1. The number of hydrogen-bond donors (Lipinski definition) is 1. The molecule has 0 unspecified atom stereocenters. The van der Waals surface area contributed by atoms with Crippen LogP contribution in [0, 0.1) is 5.82 Å². The van der Waals surface area contributed by atoms with E-state index >= 15 is 0 Å². The van der Waals surface area contributed by atoms with Crippen LogP contribution in [0.5, 0.6) is 0 Å². The smallest absolute Gasteiger partial charge is 0.276 e. The van der Waals surface area contributed by atoms with E-state index in [-0.39, 0.29) is 66.5 Å². The Kier molecular flexibility index (Phi) is 10.2. The monoisotopic (exact) mass is 663 g/mol. The quantitative estimate of drug-likeness (QED) is 0.239. The van der Waals surface area contributed by atoms with Gasteiger partial charge in [-0.2, -0.15) is 5.10 Å². The molecule has 14 nitrogen and oxygen atoms in total. The zero-order chi connectivity index (χ0) is 34.6. The zero-order valence-electron chi connectivity index (χ0n) is 28.2. The number of benzene rings is 1. The minimum Gasteiger partial charge on any atom is -0.382 e. The Hall–Kier alpha value is -4.76. The van der Waals surface area contributed by atoms with Gasteiger partial charge in [0.1, 0.15) is 18.1 Å². The Morgan fingerprint density at radius 2 is 1.75 bits per heavy atom. The number of amides is 3. The van der Waals surface area contributed by atoms with Crippen molar-refractivity contribution >= 4 is 23.4 Å². The zero-order valence-corrected chi connectivity index (χ0v) is 28.2. The first-order valence-corrected chi connectivity index (χ1v) is 15.8. The molecule has 4 heterocycles. The Morgan fingerprint density at radius 3 is 2.44 bits per heavy atom. The summed E-state index contributed by atoms with van der Waals surface area (Å²) >= 11 is 0. The maximum Gasteiger partial charge on any atom is 0.276 e. The highest BCUT2D eigenvalue weighted by molar-refractivity contribution is 5.95. The normalized spacial score (nSPS) is 14.8. The van der Waals surface area contributed by atoms with Gasteiger partial charge in [-0.3, -0.25) is 14.4 Å². The van der Waals surface area contributed by atoms with Crippen LogP contribution >= 0.6 is 0 Å². The lowest BCUT2D eigenvalue weighted by Crippen LogP contribution is -2.62. The summed E-state index contributed by atoms with van der Waals surface area (Å²) in [5.41, 5.74) is 2.13. The molecule has 256 valence electrons. The van der Waals surface area contributed by atoms with Crippen LogP contribution in [0.3, 0.4) is 0 Å². The van der Waals surface area contributed by atoms with E-state index in [4.69, 9.17) is 19.6 Å². The Morgan fingerprint density at radius 1 is 1.00 bits per heavy atom. The van der Waals surface area contributed by atoms with Gasteiger partial charge in [0.2, 0.25) is 5.91 Å². The van der Waals surface area contributed by atoms with Crippen molar-refractivity contribution in [2.75, 3.05) is 53.1 Å². The van der Waals surface area contributed by atoms with E-state index in [9.17, 15) is 18.8 Å². The van der Waals surface area contributed by atoms with Crippen molar-refractivity contribution in [3.63, 3.8) is 0 Å². The van der Waals surface area contributed by atoms with Crippen molar-refractivity contribution in [3.8, 4) is 11.3 Å². The van der Waals surface area contributed by atoms with Gasteiger partial charge in [0, 0.05) is 44.4 Å². The van der Waals surface area contributed by atoms with E-state index in [0.29, 0.717) is 37.7 Å². The van der Waals surface area contributed by atoms with Gasteiger partial charge in [0.25, 0.3) is 11.8 Å². The number of piperazine rings is 1. The second kappa shape index (κ2) is 14.2. The van der Waals surface area contributed by atoms with E-state index in [1.165, 1.54) is 23.0 Å². The molecule has 4 aromatic rings. The third-order valence-corrected chi connectivity index (χ3v) is 8.09. The number of carbonyl (C=O) groups excluding carboxylic acids is 3. The largest absolute Gasteiger partial charge is 0.382 e. The first kappa shape index (κ1) is 34.6. The number of nitrogens with zero attached hydrogens (tertiary/aromatic N) is 8. The molecule has 48 heavy (non-hydrogen) atoms. The number of rotatable bonds is 11. The first-order chi connectivity index (χ1) is 22.8. The molecular formula is C33H42FN9O5. The average Bonchev–Trinajstić information content (AvgIpc) is 3.68. The SMILES string of the molecule is COCCOCCNC(=O)Cn1cc(C(=O)N2CCN(C(=O)c3cn4nc(-c5ccc(F)cc5)cc(C(C)(C)C)c4n3)C(C)(C)C2)nn1. The van der Waals surface area contributed by atoms with Gasteiger partial charge in [-0.15, -0.1) is 5.10 Å². The number of hydrogen-bond acceptors (Lipinski definition) is 9. The summed E-state index contributed by atoms with van der Waals surface area (Å²) in [5, 5.41) is 15.4. The van der Waals surface area contributed by atoms with Crippen molar-refractivity contribution in [2.24, 2.45) is 0 Å². The number of halogens is 1. The molecule has 3 amide bonds. The third kappa shape index (κ3) is 7.85. The average molecular weight is 664 g/mol. The molecule has 1 aliphatic heterocycles. The maximum absolute atomic E-state index is 13.9. The lowest BCUT2D eigenvalue weighted by Gasteiger charge is -2.46. The van der Waals surface area contributed by atoms with Crippen molar-refractivity contribution < 1.29 is 28.2 Å². The van der Waals surface area contributed by atoms with Crippen molar-refractivity contribution in [1.29, 1.82) is 0 Å². The number of carbonyl (C=O) groups is 3. The molecule has 0 aliphatic carbocycles. The second-order valence-electron chi connectivity index (χ2n) is 13.3. The highest BCUT2D eigenvalue weighted by Gasteiger charge is 2.40. The molecule has 3 aromatic heterocycles. The number of imidazole rings is 1. The van der Waals surface area contributed by atoms with Crippen LogP contribution in [0.4, 0.5) is 4.39 Å². The lowest BCUT2D eigenvalue weighted by atomic mass is 9.87. The summed E-state index contributed by atoms with van der Waals surface area (Å²) in [7, 11) is 1.59. The molecule has 1 fully saturated rings. The summed E-state index contributed by atoms with van der Waals surface area (Å²) < 4.78 is 26.8. The van der Waals surface area contributed by atoms with Gasteiger partial charge >= 0.3 is 0 Å². The molecule has 1 aliphatic rings. The number of aromatic nitrogens is 6. The summed E-state index contributed by atoms with van der Waals surface area (Å²) in [4.78, 5) is 47.7. The van der Waals surface area contributed by atoms with Crippen molar-refractivity contribution in [1.82, 2.24) is 44.7 Å². The van der Waals surface area contributed by atoms with Crippen LogP contribution in [0.2, 0.25) is 0 Å². The van der Waals surface area contributed by atoms with E-state index in [0.717, 1.165) is 11.1 Å². The number of nitrogens with one attached hydrogen (secondary N) is 1. The van der Waals surface area contributed by atoms with Crippen LogP contribution in [0.1, 0.15) is 61.2 Å². The molecule has 0 saturated carbocycles. The lowest BCUT2D eigenvalue weighted by molar-refractivity contribution is -0.122. The molecule has 0 spiro atoms. The predicted octanol–water partition coefficient (Wildman–Crippen LogP) is 2.58. The van der Waals surface area contributed by atoms with E-state index < -0.39 is 5.54 Å². The van der Waals surface area contributed by atoms with Crippen molar-refractivity contribution in [3.05, 3.63) is 65.5 Å². The topological polar surface area (TPSA) is 149 Å². The van der Waals surface area contributed by atoms with Gasteiger partial charge < -0.3 is 24.6 Å². The van der Waals surface area contributed by atoms with Gasteiger partial charge in [-0.1, -0.05) is 26.0 Å². The summed E-state index contributed by atoms with van der Waals surface area (Å²) in [6.07, 6.45) is 3.06. The Bertz CT molecular complexity index is 1780. The van der Waals surface area contributed by atoms with Gasteiger partial charge in [0.15, 0.2) is 11.3 Å². The minimum atomic E-state index is -0.735. The molecule has 1 saturated heterocycles. The van der Waals surface area contributed by atoms with Crippen LogP contribution in [-0.4, -0.2) is 116 Å². The summed E-state index contributed by atoms with van der Waals surface area (Å²) in [5.74, 6) is -1.24. The highest BCUT2D eigenvalue weighted by atomic mass is 19.1. The van der Waals surface area contributed by atoms with Gasteiger partial charge in [-0.25, -0.2) is 18.6 Å². The standard InChI is InChI=1S/C33H42FN9O5/c1-32(2,3)24-17-25(22-7-9-23(34)10-8-22)38-43-19-26(36-29(24)43)31(46)42-13-12-40(21-33(42,4)5)30(45)27-18-41(39-37-27)20-28(44)35-11-14-48-16-15-47-6/h7-10,17-19H,11-16,20-21H2,1-6H3,(H,35,44). The van der Waals surface area contributed by atoms with Crippen LogP contribution in [0.15, 0.2) is 42.7 Å². The van der Waals surface area contributed by atoms with Crippen LogP contribution < -0.4 is 5.32 Å². The number of ether oxygens (including phenoxy) is 2. The molecule has 1 N–H and O–H groups in total. The molecular weight excluding hydrogens is 621 g/mol. The fourth-order valence-electron chi connectivity index (χ4n) is 5.58. The molecule has 0 bridgehead atoms. The molecule has 0 radical (unpaired) electrons. The maximum atomic E-state index is 13.9. The second-order valence-corrected chi connectivity index (χ2v) is 13.3. The molecule has 5 rings (SSSR count). The fraction of sp³-hybridized carbons (Fsp3) is 0.485. The Labute approximate surface area is 278 Å². The molecule has 0 atom stereocenters. The first-order valence-electron chi connectivity index (χ1n) is 15.8. The van der Waals surface area contributed by atoms with E-state index in [1.807, 2.05) is 19.9 Å². The van der Waals surface area contributed by atoms with Crippen LogP contribution in [0.25, 0.3) is 16.9 Å². The van der Waals surface area contributed by atoms with Gasteiger partial charge in [-0.05, 0) is 49.6 Å². The summed E-state index contributed by atoms with van der Waals surface area (Å²) in [6.45, 7) is 12.3. The van der Waals surface area contributed by atoms with E-state index in [1.54, 1.807) is 39.8 Å². The molecule has 1 aromatic carbocycles.